The largest absolute Gasteiger partial charge is 0.480 e. The summed E-state index contributed by atoms with van der Waals surface area (Å²) in [5.74, 6) is -5.85. The van der Waals surface area contributed by atoms with Crippen LogP contribution in [0.1, 0.15) is 66.4 Å². The van der Waals surface area contributed by atoms with Crippen LogP contribution in [0, 0.1) is 0 Å². The number of carboxylic acid groups (broad SMARTS) is 1. The third-order valence-corrected chi connectivity index (χ3v) is 7.30. The maximum atomic E-state index is 12.9. The molecule has 0 aliphatic heterocycles. The van der Waals surface area contributed by atoms with Gasteiger partial charge in [0.1, 0.15) is 42.3 Å². The molecule has 0 saturated carbocycles. The summed E-state index contributed by atoms with van der Waals surface area (Å²) in [5.41, 5.74) is 6.22. The highest BCUT2D eigenvalue weighted by molar-refractivity contribution is 5.96. The van der Waals surface area contributed by atoms with E-state index in [1.807, 2.05) is 6.07 Å². The van der Waals surface area contributed by atoms with E-state index >= 15 is 0 Å². The van der Waals surface area contributed by atoms with Crippen LogP contribution in [0.2, 0.25) is 0 Å². The van der Waals surface area contributed by atoms with Crippen molar-refractivity contribution < 1.29 is 43.5 Å². The summed E-state index contributed by atoms with van der Waals surface area (Å²) >= 11 is 0. The first-order valence-corrected chi connectivity index (χ1v) is 16.0. The Balaban J connectivity index is 2.61. The van der Waals surface area contributed by atoms with Gasteiger partial charge in [-0.2, -0.15) is 0 Å². The highest BCUT2D eigenvalue weighted by Crippen LogP contribution is 2.05. The van der Waals surface area contributed by atoms with Crippen molar-refractivity contribution >= 4 is 47.3 Å². The van der Waals surface area contributed by atoms with Crippen molar-refractivity contribution in [3.8, 4) is 0 Å². The Morgan fingerprint density at radius 1 is 0.571 bits per heavy atom. The van der Waals surface area contributed by atoms with Gasteiger partial charge in [-0.05, 0) is 66.0 Å². The summed E-state index contributed by atoms with van der Waals surface area (Å²) in [6.45, 7) is 8.51. The van der Waals surface area contributed by atoms with E-state index in [0.29, 0.717) is 19.4 Å². The van der Waals surface area contributed by atoms with Crippen molar-refractivity contribution in [1.29, 1.82) is 0 Å². The molecule has 0 bridgehead atoms. The Morgan fingerprint density at radius 2 is 0.959 bits per heavy atom. The van der Waals surface area contributed by atoms with Crippen molar-refractivity contribution in [1.82, 2.24) is 37.2 Å². The van der Waals surface area contributed by atoms with E-state index in [1.165, 1.54) is 41.5 Å². The Labute approximate surface area is 285 Å². The van der Waals surface area contributed by atoms with Gasteiger partial charge in [0.15, 0.2) is 0 Å². The molecule has 0 radical (unpaired) electrons. The molecule has 0 aliphatic rings. The lowest BCUT2D eigenvalue weighted by Crippen LogP contribution is -2.58. The van der Waals surface area contributed by atoms with Crippen LogP contribution in [0.5, 0.6) is 0 Å². The standard InChI is InChI=1S/C32H50N8O9/c1-17(26(42)35-19(3)28(44)37-21(5)30(46)40-24(32(48)49)14-10-11-15-33)34-27(43)18(2)36-29(45)20(4)38-31(47)25(39-22(6)41)16-23-12-8-7-9-13-23/h7-9,12-13,17-21,24-25H,10-11,14-16,33H2,1-6H3,(H,34,43)(H,35,42)(H,36,45)(H,37,44)(H,38,47)(H,39,41)(H,40,46)(H,48,49)/t17-,18-,19-,20-,21-,24-,25-/m0/s1. The fourth-order valence-electron chi connectivity index (χ4n) is 4.35. The molecular formula is C32H50N8O9. The van der Waals surface area contributed by atoms with Gasteiger partial charge >= 0.3 is 5.97 Å². The number of carboxylic acids is 1. The molecule has 1 aromatic carbocycles. The Hall–Kier alpha value is -5.06. The quantitative estimate of drug-likeness (QED) is 0.0677. The normalized spacial score (nSPS) is 15.0. The highest BCUT2D eigenvalue weighted by Gasteiger charge is 2.29. The lowest BCUT2D eigenvalue weighted by molar-refractivity contribution is -0.142. The van der Waals surface area contributed by atoms with E-state index in [4.69, 9.17) is 5.73 Å². The number of hydrogen-bond donors (Lipinski definition) is 9. The highest BCUT2D eigenvalue weighted by atomic mass is 16.4. The average molecular weight is 691 g/mol. The maximum Gasteiger partial charge on any atom is 0.326 e. The predicted molar refractivity (Wildman–Crippen MR) is 178 cm³/mol. The second kappa shape index (κ2) is 21.0. The van der Waals surface area contributed by atoms with Crippen LogP contribution in [0.4, 0.5) is 0 Å². The van der Waals surface area contributed by atoms with E-state index in [2.05, 4.69) is 37.2 Å². The number of nitrogens with two attached hydrogens (primary N) is 1. The van der Waals surface area contributed by atoms with Gasteiger partial charge in [-0.3, -0.25) is 33.6 Å². The molecule has 1 aromatic rings. The van der Waals surface area contributed by atoms with E-state index in [1.54, 1.807) is 24.3 Å². The van der Waals surface area contributed by atoms with Gasteiger partial charge in [-0.1, -0.05) is 30.3 Å². The fraction of sp³-hybridized carbons (Fsp3) is 0.562. The summed E-state index contributed by atoms with van der Waals surface area (Å²) < 4.78 is 0. The smallest absolute Gasteiger partial charge is 0.326 e. The molecule has 0 aromatic heterocycles. The Bertz CT molecular complexity index is 1330. The number of nitrogens with one attached hydrogen (secondary N) is 7. The van der Waals surface area contributed by atoms with Gasteiger partial charge in [0.05, 0.1) is 0 Å². The minimum atomic E-state index is -1.22. The van der Waals surface area contributed by atoms with Crippen LogP contribution in [-0.2, 0) is 44.8 Å². The number of rotatable bonds is 20. The van der Waals surface area contributed by atoms with Crippen LogP contribution in [-0.4, -0.2) is 101 Å². The minimum Gasteiger partial charge on any atom is -0.480 e. The molecular weight excluding hydrogens is 640 g/mol. The molecule has 10 N–H and O–H groups in total. The molecule has 0 heterocycles. The molecule has 17 nitrogen and oxygen atoms in total. The zero-order valence-corrected chi connectivity index (χ0v) is 28.8. The third-order valence-electron chi connectivity index (χ3n) is 7.30. The zero-order chi connectivity index (χ0) is 37.3. The third kappa shape index (κ3) is 15.6. The van der Waals surface area contributed by atoms with Crippen molar-refractivity contribution in [3.05, 3.63) is 35.9 Å². The summed E-state index contributed by atoms with van der Waals surface area (Å²) in [5, 5.41) is 26.5. The van der Waals surface area contributed by atoms with E-state index in [0.717, 1.165) is 5.56 Å². The maximum absolute atomic E-state index is 12.9. The summed E-state index contributed by atoms with van der Waals surface area (Å²) in [4.78, 5) is 99.2. The first-order valence-electron chi connectivity index (χ1n) is 16.0. The average Bonchev–Trinajstić information content (AvgIpc) is 3.03. The van der Waals surface area contributed by atoms with Crippen LogP contribution in [0.25, 0.3) is 0 Å². The van der Waals surface area contributed by atoms with Crippen molar-refractivity contribution in [2.45, 2.75) is 110 Å². The van der Waals surface area contributed by atoms with Gasteiger partial charge in [0.2, 0.25) is 41.4 Å². The van der Waals surface area contributed by atoms with Crippen LogP contribution in [0.3, 0.4) is 0 Å². The fourth-order valence-corrected chi connectivity index (χ4v) is 4.35. The van der Waals surface area contributed by atoms with Crippen molar-refractivity contribution in [3.63, 3.8) is 0 Å². The number of unbranched alkanes of at least 4 members (excludes halogenated alkanes) is 1. The SMILES string of the molecule is CC(=O)N[C@@H](Cc1ccccc1)C(=O)N[C@@H](C)C(=O)N[C@@H](C)C(=O)N[C@@H](C)C(=O)N[C@@H](C)C(=O)N[C@@H](C)C(=O)N[C@@H](CCCCN)C(=O)O. The summed E-state index contributed by atoms with van der Waals surface area (Å²) in [6.07, 6.45) is 1.44. The van der Waals surface area contributed by atoms with Gasteiger partial charge in [-0.25, -0.2) is 4.79 Å². The number of hydrogen-bond acceptors (Lipinski definition) is 9. The van der Waals surface area contributed by atoms with Crippen molar-refractivity contribution in [2.75, 3.05) is 6.54 Å². The van der Waals surface area contributed by atoms with E-state index < -0.39 is 89.6 Å². The minimum absolute atomic E-state index is 0.169. The Morgan fingerprint density at radius 3 is 1.33 bits per heavy atom. The molecule has 1 rings (SSSR count). The molecule has 7 amide bonds. The topological polar surface area (TPSA) is 267 Å². The second-order valence-electron chi connectivity index (χ2n) is 11.8. The monoisotopic (exact) mass is 690 g/mol. The molecule has 0 aliphatic carbocycles. The number of benzene rings is 1. The number of aliphatic carboxylic acids is 1. The lowest BCUT2D eigenvalue weighted by Gasteiger charge is -2.23. The first-order chi connectivity index (χ1) is 23.0. The molecule has 0 spiro atoms. The summed E-state index contributed by atoms with van der Waals surface area (Å²) in [7, 11) is 0. The van der Waals surface area contributed by atoms with E-state index in [9.17, 15) is 43.5 Å². The number of carbonyl (C=O) groups excluding carboxylic acids is 7. The first kappa shape index (κ1) is 42.0. The molecule has 0 saturated heterocycles. The van der Waals surface area contributed by atoms with Gasteiger partial charge < -0.3 is 48.1 Å². The molecule has 7 atom stereocenters. The van der Waals surface area contributed by atoms with Crippen LogP contribution < -0.4 is 43.0 Å². The summed E-state index contributed by atoms with van der Waals surface area (Å²) in [6, 6.07) is 1.31. The predicted octanol–water partition coefficient (Wildman–Crippen LogP) is -2.04. The lowest BCUT2D eigenvalue weighted by atomic mass is 10.0. The molecule has 49 heavy (non-hydrogen) atoms. The number of amides is 7. The second-order valence-corrected chi connectivity index (χ2v) is 11.8. The molecule has 17 heteroatoms. The van der Waals surface area contributed by atoms with Crippen molar-refractivity contribution in [2.24, 2.45) is 5.73 Å². The zero-order valence-electron chi connectivity index (χ0n) is 28.8. The molecule has 0 unspecified atom stereocenters. The Kier molecular flexibility index (Phi) is 18.0. The van der Waals surface area contributed by atoms with Gasteiger partial charge in [0.25, 0.3) is 0 Å². The van der Waals surface area contributed by atoms with Gasteiger partial charge in [0, 0.05) is 13.3 Å². The van der Waals surface area contributed by atoms with E-state index in [-0.39, 0.29) is 12.8 Å². The van der Waals surface area contributed by atoms with Crippen LogP contribution in [0.15, 0.2) is 30.3 Å². The molecule has 0 fully saturated rings. The van der Waals surface area contributed by atoms with Crippen LogP contribution >= 0.6 is 0 Å². The number of carbonyl (C=O) groups is 8. The van der Waals surface area contributed by atoms with Gasteiger partial charge in [-0.15, -0.1) is 0 Å². The molecule has 272 valence electrons.